The molecule has 1 aliphatic heterocycles. The number of hydrogen-bond donors (Lipinski definition) is 0. The van der Waals surface area contributed by atoms with Gasteiger partial charge in [-0.15, -0.1) is 0 Å². The molecule has 0 aliphatic carbocycles. The summed E-state index contributed by atoms with van der Waals surface area (Å²) in [5.41, 5.74) is -7.78. The Morgan fingerprint density at radius 2 is 1.00 bits per heavy atom. The monoisotopic (exact) mass is 733 g/mol. The van der Waals surface area contributed by atoms with Gasteiger partial charge in [-0.3, -0.25) is 0 Å². The van der Waals surface area contributed by atoms with Crippen LogP contribution in [0.3, 0.4) is 0 Å². The fourth-order valence-corrected chi connectivity index (χ4v) is 9.75. The second kappa shape index (κ2) is 12.9. The number of para-hydroxylation sites is 1. The minimum atomic E-state index is -6.57. The molecule has 1 fully saturated rings. The van der Waals surface area contributed by atoms with Crippen molar-refractivity contribution in [2.75, 3.05) is 0 Å². The number of fused-ring (bicyclic) bond motifs is 3. The van der Waals surface area contributed by atoms with Crippen molar-refractivity contribution in [1.29, 1.82) is 0 Å². The fraction of sp³-hybridized carbons (Fsp3) is 0.125. The summed E-state index contributed by atoms with van der Waals surface area (Å²) in [7, 11) is -8.43. The second-order valence-corrected chi connectivity index (χ2v) is 16.4. The van der Waals surface area contributed by atoms with Crippen LogP contribution in [0, 0.1) is 0 Å². The molecule has 0 atom stereocenters. The van der Waals surface area contributed by atoms with E-state index >= 15 is 0 Å². The van der Waals surface area contributed by atoms with Crippen molar-refractivity contribution in [3.05, 3.63) is 181 Å². The highest BCUT2D eigenvalue weighted by molar-refractivity contribution is 7.20. The van der Waals surface area contributed by atoms with Crippen LogP contribution in [0.4, 0.5) is 0 Å². The lowest BCUT2D eigenvalue weighted by molar-refractivity contribution is 0.00578. The van der Waals surface area contributed by atoms with Gasteiger partial charge in [0, 0.05) is 16.5 Å². The molecular weight excluding hydrogens is 661 g/mol. The van der Waals surface area contributed by atoms with Gasteiger partial charge in [-0.25, -0.2) is 0 Å². The first-order chi connectivity index (χ1) is 38.2. The summed E-state index contributed by atoms with van der Waals surface area (Å²) in [5.74, 6) is 0. The maximum absolute atomic E-state index is 10.6. The predicted molar refractivity (Wildman–Crippen MR) is 226 cm³/mol. The molecule has 3 nitrogen and oxygen atoms in total. The molecule has 1 saturated heterocycles. The highest BCUT2D eigenvalue weighted by Crippen LogP contribution is 2.37. The molecule has 0 N–H and O–H groups in total. The molecule has 5 heteroatoms. The highest BCUT2D eigenvalue weighted by Gasteiger charge is 2.52. The quantitative estimate of drug-likeness (QED) is 0.122. The molecule has 0 saturated carbocycles. The van der Waals surface area contributed by atoms with Crippen LogP contribution in [0.2, 0.25) is 0 Å². The molecular formula is C48H42BNO2Si. The molecule has 1 aromatic heterocycles. The Labute approximate surface area is 355 Å². The zero-order chi connectivity index (χ0) is 62.3. The van der Waals surface area contributed by atoms with Crippen molar-refractivity contribution >= 4 is 63.2 Å². The topological polar surface area (TPSA) is 23.4 Å². The summed E-state index contributed by atoms with van der Waals surface area (Å²) >= 11 is 0. The molecule has 2 heterocycles. The maximum atomic E-state index is 10.6. The van der Waals surface area contributed by atoms with E-state index in [1.807, 2.05) is 0 Å². The summed E-state index contributed by atoms with van der Waals surface area (Å²) in [4.78, 5) is 0. The molecule has 8 aromatic rings. The molecule has 258 valence electrons. The first-order valence-corrected chi connectivity index (χ1v) is 18.1. The van der Waals surface area contributed by atoms with Crippen molar-refractivity contribution in [2.24, 2.45) is 0 Å². The summed E-state index contributed by atoms with van der Waals surface area (Å²) in [6.45, 7) is 6.28. The van der Waals surface area contributed by atoms with E-state index in [2.05, 4.69) is 0 Å². The first-order valence-electron chi connectivity index (χ1n) is 31.1. The molecule has 0 spiro atoms. The third-order valence-corrected chi connectivity index (χ3v) is 13.4. The van der Waals surface area contributed by atoms with Gasteiger partial charge >= 0.3 is 7.12 Å². The molecule has 0 bridgehead atoms. The van der Waals surface area contributed by atoms with Crippen LogP contribution in [0.15, 0.2) is 181 Å². The van der Waals surface area contributed by atoms with E-state index in [4.69, 9.17) is 27.1 Å². The Kier molecular flexibility index (Phi) is 3.42. The average molecular weight is 734 g/mol. The molecule has 0 amide bonds. The number of benzene rings is 7. The third-order valence-electron chi connectivity index (χ3n) is 9.38. The molecule has 0 radical (unpaired) electrons. The number of hydrogen-bond acceptors (Lipinski definition) is 2. The van der Waals surface area contributed by atoms with Crippen molar-refractivity contribution in [2.45, 2.75) is 38.9 Å². The molecule has 53 heavy (non-hydrogen) atoms. The lowest BCUT2D eigenvalue weighted by Gasteiger charge is -2.35. The van der Waals surface area contributed by atoms with Crippen LogP contribution in [-0.4, -0.2) is 31.0 Å². The zero-order valence-corrected chi connectivity index (χ0v) is 29.3. The smallest absolute Gasteiger partial charge is 0.399 e. The van der Waals surface area contributed by atoms with Crippen LogP contribution in [0.25, 0.3) is 38.6 Å². The lowest BCUT2D eigenvalue weighted by atomic mass is 9.79. The normalized spacial score (nSPS) is 23.2. The Balaban J connectivity index is 1.66. The van der Waals surface area contributed by atoms with Gasteiger partial charge < -0.3 is 13.9 Å². The Morgan fingerprint density at radius 3 is 1.66 bits per heavy atom. The van der Waals surface area contributed by atoms with Gasteiger partial charge in [-0.1, -0.05) is 151 Å². The van der Waals surface area contributed by atoms with Gasteiger partial charge in [0.1, 0.15) is 0 Å². The summed E-state index contributed by atoms with van der Waals surface area (Å²) < 4.78 is 292. The molecule has 9 rings (SSSR count). The minimum absolute atomic E-state index is 0.559. The van der Waals surface area contributed by atoms with Gasteiger partial charge in [-0.2, -0.15) is 0 Å². The van der Waals surface area contributed by atoms with E-state index in [1.165, 1.54) is 0 Å². The van der Waals surface area contributed by atoms with Crippen molar-refractivity contribution in [3.8, 4) is 16.8 Å². The lowest BCUT2D eigenvalue weighted by Crippen LogP contribution is -2.75. The zero-order valence-electron chi connectivity index (χ0n) is 58.3. The van der Waals surface area contributed by atoms with Gasteiger partial charge in [0.2, 0.25) is 0 Å². The van der Waals surface area contributed by atoms with Crippen molar-refractivity contribution < 1.29 is 50.4 Å². The largest absolute Gasteiger partial charge is 0.494 e. The number of aromatic nitrogens is 1. The van der Waals surface area contributed by atoms with E-state index in [-0.39, 0.29) is 0 Å². The van der Waals surface area contributed by atoms with Crippen LogP contribution < -0.4 is 26.2 Å². The molecule has 1 aliphatic rings. The van der Waals surface area contributed by atoms with Crippen molar-refractivity contribution in [1.82, 2.24) is 4.57 Å². The first kappa shape index (κ1) is 14.1. The Hall–Kier alpha value is -5.46. The number of nitrogens with zero attached hydrogens (tertiary/aromatic N) is 1. The van der Waals surface area contributed by atoms with Crippen LogP contribution >= 0.6 is 0 Å². The van der Waals surface area contributed by atoms with E-state index in [1.54, 1.807) is 27.7 Å². The fourth-order valence-electron chi connectivity index (χ4n) is 6.12. The average Bonchev–Trinajstić information content (AvgIpc) is 1.62. The highest BCUT2D eigenvalue weighted by atomic mass is 28.3. The van der Waals surface area contributed by atoms with Gasteiger partial charge in [0.15, 0.2) is 8.07 Å². The second-order valence-electron chi connectivity index (χ2n) is 12.9. The van der Waals surface area contributed by atoms with Crippen LogP contribution in [0.1, 0.15) is 68.8 Å². The third kappa shape index (κ3) is 5.50. The summed E-state index contributed by atoms with van der Waals surface area (Å²) in [6.07, 6.45) is 0. The van der Waals surface area contributed by atoms with E-state index in [0.29, 0.717) is 4.57 Å². The van der Waals surface area contributed by atoms with Crippen molar-refractivity contribution in [3.63, 3.8) is 0 Å². The summed E-state index contributed by atoms with van der Waals surface area (Å²) in [5, 5.41) is -6.14. The molecule has 0 unspecified atom stereocenters. The Morgan fingerprint density at radius 1 is 0.472 bits per heavy atom. The SMILES string of the molecule is [2H]c1c([2H])c([2H])c(-c2c([2H])c([2H])c3c(c2[2H])c2c([2H])c([2H])c([2H])c([2H])c2n3-c2c([2H])c([2H])c([2H])c([Si](c3c([2H])c([2H])c([2H])c([2H])c3[2H])(c3c([2H])c([2H])c([2H])c([2H])c3[2H])c3c([2H])c([2H])c([2H])c(B4OC(C)(C)C(C)(C)O4)c3[2H])c2[2H])c([2H])c1[2H]. The molecule has 7 aromatic carbocycles. The van der Waals surface area contributed by atoms with Gasteiger partial charge in [0.25, 0.3) is 0 Å². The van der Waals surface area contributed by atoms with Crippen LogP contribution in [0.5, 0.6) is 0 Å². The van der Waals surface area contributed by atoms with E-state index < -0.39 is 272 Å². The number of rotatable bonds is 7. The van der Waals surface area contributed by atoms with Gasteiger partial charge in [0.05, 0.1) is 63.4 Å². The van der Waals surface area contributed by atoms with Gasteiger partial charge in [-0.05, 0) is 95.2 Å². The Bertz CT molecular complexity index is 4140. The van der Waals surface area contributed by atoms with Crippen LogP contribution in [-0.2, 0) is 9.31 Å². The predicted octanol–water partition coefficient (Wildman–Crippen LogP) is 8.13. The summed E-state index contributed by atoms with van der Waals surface area (Å²) in [6, 6.07) is -34.1. The minimum Gasteiger partial charge on any atom is -0.399 e. The van der Waals surface area contributed by atoms with E-state index in [0.717, 1.165) is 0 Å². The van der Waals surface area contributed by atoms with E-state index in [9.17, 15) is 23.3 Å². The maximum Gasteiger partial charge on any atom is 0.494 e. The standard InChI is InChI=1S/C48H42BNO2Si/c1-47(2)48(3,4)52-49(51-47)37-20-16-26-41(33-37)53(39-22-10-6-11-23-39,40-24-12-7-13-25-40)42-27-17-21-38(34-42)50-45-29-15-14-28-43(45)44-32-36(30-31-46(44)50)35-18-8-5-9-19-35/h5-34H,1-4H3/i5D,6D,7D,8D,9D,10D,11D,12D,13D,14D,15D,16D,17D,18D,19D,20D,21D,22D,23D,24D,25D,26D,27D,28D,29D,30D,31D,32D,33D,34D.